The maximum Gasteiger partial charge on any atom is 0.138 e. The fraction of sp³-hybridized carbons (Fsp3) is 0.300. The number of nitrogens with one attached hydrogen (secondary N) is 1. The van der Waals surface area contributed by atoms with E-state index in [-0.39, 0.29) is 12.4 Å². The van der Waals surface area contributed by atoms with Gasteiger partial charge in [-0.1, -0.05) is 6.07 Å². The Morgan fingerprint density at radius 2 is 2.14 bits per heavy atom. The molecule has 0 aliphatic carbocycles. The predicted molar refractivity (Wildman–Crippen MR) is 106 cm³/mol. The lowest BCUT2D eigenvalue weighted by Crippen LogP contribution is -2.28. The van der Waals surface area contributed by atoms with Gasteiger partial charge in [0.1, 0.15) is 36.3 Å². The zero-order valence-electron chi connectivity index (χ0n) is 15.5. The molecule has 0 amide bonds. The number of hydrogen-bond acceptors (Lipinski definition) is 6. The van der Waals surface area contributed by atoms with Crippen molar-refractivity contribution in [3.05, 3.63) is 53.9 Å². The summed E-state index contributed by atoms with van der Waals surface area (Å²) in [5, 5.41) is 19.0. The second-order valence-electron chi connectivity index (χ2n) is 6.99. The largest absolute Gasteiger partial charge is 0.491 e. The lowest BCUT2D eigenvalue weighted by molar-refractivity contribution is -0.0384. The molecule has 8 nitrogen and oxygen atoms in total. The van der Waals surface area contributed by atoms with Crippen LogP contribution in [0.5, 0.6) is 5.75 Å². The molecule has 0 bridgehead atoms. The van der Waals surface area contributed by atoms with Gasteiger partial charge in [-0.3, -0.25) is 10.4 Å². The van der Waals surface area contributed by atoms with Crippen LogP contribution in [-0.4, -0.2) is 39.3 Å². The summed E-state index contributed by atoms with van der Waals surface area (Å²) in [7, 11) is 0. The molecule has 6 N–H and O–H groups in total. The van der Waals surface area contributed by atoms with E-state index < -0.39 is 18.4 Å². The van der Waals surface area contributed by atoms with Gasteiger partial charge in [0.25, 0.3) is 0 Å². The molecule has 146 valence electrons. The minimum Gasteiger partial charge on any atom is -0.491 e. The van der Waals surface area contributed by atoms with Gasteiger partial charge in [0.15, 0.2) is 0 Å². The van der Waals surface area contributed by atoms with Gasteiger partial charge in [-0.25, -0.2) is 0 Å². The average Bonchev–Trinajstić information content (AvgIpc) is 3.22. The topological polar surface area (TPSA) is 132 Å². The number of nitrogens with zero attached hydrogens (tertiary/aromatic N) is 2. The van der Waals surface area contributed by atoms with Gasteiger partial charge in [0.2, 0.25) is 0 Å². The molecule has 1 aromatic carbocycles. The van der Waals surface area contributed by atoms with E-state index in [2.05, 4.69) is 4.98 Å². The number of benzene rings is 1. The second kappa shape index (κ2) is 7.14. The fourth-order valence-electron chi connectivity index (χ4n) is 3.44. The Kier molecular flexibility index (Phi) is 4.66. The zero-order chi connectivity index (χ0) is 19.8. The molecule has 1 saturated heterocycles. The molecule has 0 saturated carbocycles. The maximum absolute atomic E-state index is 10.4. The minimum absolute atomic E-state index is 0.102. The molecule has 8 heteroatoms. The number of aliphatic hydroxyl groups excluding tert-OH is 1. The first-order valence-electron chi connectivity index (χ1n) is 9.07. The molecule has 4 rings (SSSR count). The number of ether oxygens (including phenoxy) is 2. The Morgan fingerprint density at radius 1 is 1.36 bits per heavy atom. The van der Waals surface area contributed by atoms with Crippen LogP contribution in [0.4, 0.5) is 5.82 Å². The number of nitrogens with two attached hydrogens (primary N) is 2. The molecular weight excluding hydrogens is 358 g/mol. The molecule has 3 heterocycles. The second-order valence-corrected chi connectivity index (χ2v) is 6.99. The summed E-state index contributed by atoms with van der Waals surface area (Å²) in [5.41, 5.74) is 13.8. The number of rotatable bonds is 5. The number of pyridine rings is 1. The number of aryl methyl sites for hydroxylation is 1. The number of aromatic nitrogens is 2. The monoisotopic (exact) mass is 381 g/mol. The Morgan fingerprint density at radius 3 is 2.89 bits per heavy atom. The molecule has 1 fully saturated rings. The molecule has 3 atom stereocenters. The lowest BCUT2D eigenvalue weighted by atomic mass is 10.2. The van der Waals surface area contributed by atoms with Crippen LogP contribution in [0.15, 0.2) is 42.6 Å². The highest BCUT2D eigenvalue weighted by molar-refractivity contribution is 5.99. The summed E-state index contributed by atoms with van der Waals surface area (Å²) >= 11 is 0. The first-order chi connectivity index (χ1) is 13.4. The van der Waals surface area contributed by atoms with Gasteiger partial charge in [-0.15, -0.1) is 0 Å². The molecule has 0 spiro atoms. The number of aliphatic hydroxyl groups is 1. The zero-order valence-corrected chi connectivity index (χ0v) is 15.5. The van der Waals surface area contributed by atoms with Crippen molar-refractivity contribution in [1.29, 1.82) is 5.41 Å². The van der Waals surface area contributed by atoms with Crippen LogP contribution in [0.1, 0.15) is 23.9 Å². The van der Waals surface area contributed by atoms with Crippen LogP contribution in [0.25, 0.3) is 10.9 Å². The smallest absolute Gasteiger partial charge is 0.138 e. The van der Waals surface area contributed by atoms with Crippen molar-refractivity contribution >= 4 is 22.6 Å². The van der Waals surface area contributed by atoms with Crippen molar-refractivity contribution in [2.45, 2.75) is 31.8 Å². The van der Waals surface area contributed by atoms with E-state index in [1.807, 2.05) is 37.3 Å². The molecule has 1 aliphatic heterocycles. The quantitative estimate of drug-likeness (QED) is 0.394. The molecular formula is C20H23N5O3. The van der Waals surface area contributed by atoms with Gasteiger partial charge in [0.05, 0.1) is 17.2 Å². The summed E-state index contributed by atoms with van der Waals surface area (Å²) in [4.78, 5) is 4.50. The van der Waals surface area contributed by atoms with Crippen molar-refractivity contribution in [3.8, 4) is 5.75 Å². The minimum atomic E-state index is -0.687. The van der Waals surface area contributed by atoms with E-state index in [1.165, 1.54) is 0 Å². The molecule has 28 heavy (non-hydrogen) atoms. The van der Waals surface area contributed by atoms with Crippen LogP contribution in [0, 0.1) is 12.3 Å². The average molecular weight is 381 g/mol. The van der Waals surface area contributed by atoms with E-state index in [1.54, 1.807) is 16.8 Å². The molecule has 2 aromatic heterocycles. The number of amidine groups is 1. The van der Waals surface area contributed by atoms with Gasteiger partial charge in [-0.2, -0.15) is 0 Å². The van der Waals surface area contributed by atoms with Crippen molar-refractivity contribution in [3.63, 3.8) is 0 Å². The third kappa shape index (κ3) is 3.39. The van der Waals surface area contributed by atoms with Crippen LogP contribution in [0.3, 0.4) is 0 Å². The van der Waals surface area contributed by atoms with Crippen molar-refractivity contribution < 1.29 is 14.6 Å². The highest BCUT2D eigenvalue weighted by Gasteiger charge is 2.36. The third-order valence-corrected chi connectivity index (χ3v) is 4.98. The van der Waals surface area contributed by atoms with E-state index in [0.717, 1.165) is 16.6 Å². The van der Waals surface area contributed by atoms with Gasteiger partial charge >= 0.3 is 0 Å². The SMILES string of the molecule is Cc1ccc2ccc(OC[C@H]3O[C@@H](n4ccc(C(=N)N)c4N)C[C@@H]3O)cc2n1. The van der Waals surface area contributed by atoms with Crippen LogP contribution >= 0.6 is 0 Å². The molecule has 1 aliphatic rings. The van der Waals surface area contributed by atoms with E-state index >= 15 is 0 Å². The van der Waals surface area contributed by atoms with E-state index in [4.69, 9.17) is 26.4 Å². The Balaban J connectivity index is 1.44. The van der Waals surface area contributed by atoms with Gasteiger partial charge in [0, 0.05) is 29.8 Å². The molecule has 0 radical (unpaired) electrons. The summed E-state index contributed by atoms with van der Waals surface area (Å²) < 4.78 is 13.5. The summed E-state index contributed by atoms with van der Waals surface area (Å²) in [6, 6.07) is 11.4. The number of hydrogen-bond donors (Lipinski definition) is 4. The van der Waals surface area contributed by atoms with Crippen LogP contribution in [0.2, 0.25) is 0 Å². The Labute approximate surface area is 162 Å². The summed E-state index contributed by atoms with van der Waals surface area (Å²) in [6.07, 6.45) is 0.479. The van der Waals surface area contributed by atoms with Crippen molar-refractivity contribution in [2.24, 2.45) is 5.73 Å². The summed E-state index contributed by atoms with van der Waals surface area (Å²) in [5.74, 6) is 0.918. The van der Waals surface area contributed by atoms with E-state index in [0.29, 0.717) is 23.6 Å². The maximum atomic E-state index is 10.4. The first-order valence-corrected chi connectivity index (χ1v) is 9.07. The lowest BCUT2D eigenvalue weighted by Gasteiger charge is -2.17. The highest BCUT2D eigenvalue weighted by Crippen LogP contribution is 2.32. The van der Waals surface area contributed by atoms with Crippen LogP contribution in [-0.2, 0) is 4.74 Å². The molecule has 0 unspecified atom stereocenters. The summed E-state index contributed by atoms with van der Waals surface area (Å²) in [6.45, 7) is 2.15. The normalized spacial score (nSPS) is 21.9. The Hall–Kier alpha value is -3.10. The van der Waals surface area contributed by atoms with Gasteiger partial charge in [-0.05, 0) is 31.2 Å². The molecule has 3 aromatic rings. The highest BCUT2D eigenvalue weighted by atomic mass is 16.6. The van der Waals surface area contributed by atoms with Gasteiger partial charge < -0.3 is 30.6 Å². The number of fused-ring (bicyclic) bond motifs is 1. The first kappa shape index (κ1) is 18.3. The number of anilines is 1. The van der Waals surface area contributed by atoms with Crippen molar-refractivity contribution in [2.75, 3.05) is 12.3 Å². The predicted octanol–water partition coefficient (Wildman–Crippen LogP) is 1.94. The number of nitrogen functional groups attached to an aromatic ring is 2. The van der Waals surface area contributed by atoms with Crippen molar-refractivity contribution in [1.82, 2.24) is 9.55 Å². The fourth-order valence-corrected chi connectivity index (χ4v) is 3.44. The van der Waals surface area contributed by atoms with E-state index in [9.17, 15) is 5.11 Å². The third-order valence-electron chi connectivity index (χ3n) is 4.98. The standard InChI is InChI=1S/C20H23N5O3/c1-11-2-3-12-4-5-13(8-15(12)24-11)27-10-17-16(26)9-18(28-17)25-7-6-14(19(21)22)20(25)23/h2-8,16-18,26H,9-10,23H2,1H3,(H3,21,22)/t16-,17+,18+/m0/s1. The Bertz CT molecular complexity index is 1030. The van der Waals surface area contributed by atoms with Crippen LogP contribution < -0.4 is 16.2 Å².